The number of aromatic nitrogens is 4. The van der Waals surface area contributed by atoms with E-state index in [9.17, 15) is 13.2 Å². The fourth-order valence-corrected chi connectivity index (χ4v) is 4.08. The molecule has 0 unspecified atom stereocenters. The second kappa shape index (κ2) is 6.04. The van der Waals surface area contributed by atoms with Gasteiger partial charge >= 0.3 is 0 Å². The summed E-state index contributed by atoms with van der Waals surface area (Å²) in [5, 5.41) is 10.9. The molecule has 3 rings (SSSR count). The Labute approximate surface area is 140 Å². The molecule has 9 heteroatoms. The molecule has 1 atom stereocenters. The van der Waals surface area contributed by atoms with Crippen molar-refractivity contribution < 1.29 is 13.2 Å². The van der Waals surface area contributed by atoms with Crippen molar-refractivity contribution in [3.8, 4) is 0 Å². The first-order valence-corrected chi connectivity index (χ1v) is 9.72. The predicted molar refractivity (Wildman–Crippen MR) is 87.3 cm³/mol. The Balaban J connectivity index is 1.99. The number of aromatic amines is 1. The minimum Gasteiger partial charge on any atom is -0.330 e. The molecule has 0 aromatic carbocycles. The Bertz CT molecular complexity index is 868. The van der Waals surface area contributed by atoms with Crippen LogP contribution in [0.15, 0.2) is 17.3 Å². The highest BCUT2D eigenvalue weighted by Gasteiger charge is 2.34. The van der Waals surface area contributed by atoms with Crippen LogP contribution < -0.4 is 0 Å². The lowest BCUT2D eigenvalue weighted by Crippen LogP contribution is -2.39. The van der Waals surface area contributed by atoms with E-state index in [-0.39, 0.29) is 16.8 Å². The Morgan fingerprint density at radius 3 is 2.75 bits per heavy atom. The van der Waals surface area contributed by atoms with Crippen molar-refractivity contribution in [3.05, 3.63) is 29.3 Å². The van der Waals surface area contributed by atoms with E-state index in [1.165, 1.54) is 6.20 Å². The van der Waals surface area contributed by atoms with Gasteiger partial charge in [-0.1, -0.05) is 0 Å². The number of carbonyl (C=O) groups excluding carboxylic acids is 1. The number of rotatable bonds is 3. The SMILES string of the molecule is Cc1nn(C)cc1C(=O)N1CCCC[C@H]1c1[nH]ncc1S(C)(=O)=O. The van der Waals surface area contributed by atoms with Gasteiger partial charge in [0.1, 0.15) is 4.90 Å². The lowest BCUT2D eigenvalue weighted by molar-refractivity contribution is 0.0601. The number of carbonyl (C=O) groups is 1. The number of sulfone groups is 1. The first kappa shape index (κ1) is 16.7. The summed E-state index contributed by atoms with van der Waals surface area (Å²) < 4.78 is 25.6. The monoisotopic (exact) mass is 351 g/mol. The molecule has 0 spiro atoms. The molecule has 130 valence electrons. The molecule has 24 heavy (non-hydrogen) atoms. The fourth-order valence-electron chi connectivity index (χ4n) is 3.26. The van der Waals surface area contributed by atoms with Crippen molar-refractivity contribution >= 4 is 15.7 Å². The maximum Gasteiger partial charge on any atom is 0.257 e. The molecule has 2 aromatic heterocycles. The van der Waals surface area contributed by atoms with Gasteiger partial charge in [-0.05, 0) is 26.2 Å². The standard InChI is InChI=1S/C15H21N5O3S/c1-10-11(9-19(2)18-10)15(21)20-7-5-4-6-12(20)14-13(8-16-17-14)24(3,22)23/h8-9,12H,4-7H2,1-3H3,(H,16,17)/t12-/m0/s1. The number of nitrogens with zero attached hydrogens (tertiary/aromatic N) is 4. The van der Waals surface area contributed by atoms with Crippen LogP contribution >= 0.6 is 0 Å². The second-order valence-corrected chi connectivity index (χ2v) is 8.22. The van der Waals surface area contributed by atoms with Crippen LogP contribution in [-0.2, 0) is 16.9 Å². The molecule has 1 aliphatic rings. The summed E-state index contributed by atoms with van der Waals surface area (Å²) in [4.78, 5) is 14.9. The van der Waals surface area contributed by atoms with E-state index in [0.717, 1.165) is 19.1 Å². The molecule has 1 fully saturated rings. The minimum atomic E-state index is -3.41. The van der Waals surface area contributed by atoms with Gasteiger partial charge in [0.15, 0.2) is 9.84 Å². The predicted octanol–water partition coefficient (Wildman–Crippen LogP) is 1.22. The van der Waals surface area contributed by atoms with Crippen molar-refractivity contribution in [2.45, 2.75) is 37.1 Å². The number of hydrogen-bond donors (Lipinski definition) is 1. The molecular formula is C15H21N5O3S. The van der Waals surface area contributed by atoms with Gasteiger partial charge in [0.05, 0.1) is 29.2 Å². The summed E-state index contributed by atoms with van der Waals surface area (Å²) in [7, 11) is -1.63. The third-order valence-electron chi connectivity index (χ3n) is 4.37. The Morgan fingerprint density at radius 2 is 2.12 bits per heavy atom. The highest BCUT2D eigenvalue weighted by molar-refractivity contribution is 7.90. The number of piperidine rings is 1. The van der Waals surface area contributed by atoms with E-state index in [4.69, 9.17) is 0 Å². The number of nitrogens with one attached hydrogen (secondary N) is 1. The minimum absolute atomic E-state index is 0.126. The lowest BCUT2D eigenvalue weighted by atomic mass is 9.98. The van der Waals surface area contributed by atoms with Crippen LogP contribution in [0.25, 0.3) is 0 Å². The molecule has 0 radical (unpaired) electrons. The summed E-state index contributed by atoms with van der Waals surface area (Å²) in [5.74, 6) is -0.126. The van der Waals surface area contributed by atoms with Crippen molar-refractivity contribution in [1.82, 2.24) is 24.9 Å². The highest BCUT2D eigenvalue weighted by atomic mass is 32.2. The van der Waals surface area contributed by atoms with Gasteiger partial charge in [0, 0.05) is 26.0 Å². The third kappa shape index (κ3) is 2.95. The van der Waals surface area contributed by atoms with Crippen molar-refractivity contribution in [1.29, 1.82) is 0 Å². The van der Waals surface area contributed by atoms with Gasteiger partial charge in [0.25, 0.3) is 5.91 Å². The normalized spacial score (nSPS) is 18.8. The Morgan fingerprint density at radius 1 is 1.38 bits per heavy atom. The molecular weight excluding hydrogens is 330 g/mol. The Kier molecular flexibility index (Phi) is 4.20. The second-order valence-electron chi connectivity index (χ2n) is 6.23. The van der Waals surface area contributed by atoms with Crippen molar-refractivity contribution in [3.63, 3.8) is 0 Å². The summed E-state index contributed by atoms with van der Waals surface area (Å²) in [6.07, 6.45) is 6.70. The smallest absolute Gasteiger partial charge is 0.257 e. The maximum atomic E-state index is 13.0. The quantitative estimate of drug-likeness (QED) is 0.896. The van der Waals surface area contributed by atoms with Gasteiger partial charge in [-0.3, -0.25) is 14.6 Å². The van der Waals surface area contributed by atoms with Crippen LogP contribution in [0.5, 0.6) is 0 Å². The first-order valence-electron chi connectivity index (χ1n) is 7.83. The molecule has 8 nitrogen and oxygen atoms in total. The zero-order chi connectivity index (χ0) is 17.5. The zero-order valence-corrected chi connectivity index (χ0v) is 14.8. The van der Waals surface area contributed by atoms with Crippen LogP contribution in [0.2, 0.25) is 0 Å². The fraction of sp³-hybridized carbons (Fsp3) is 0.533. The van der Waals surface area contributed by atoms with E-state index in [1.807, 2.05) is 0 Å². The van der Waals surface area contributed by atoms with E-state index in [1.54, 1.807) is 29.7 Å². The van der Waals surface area contributed by atoms with Gasteiger partial charge in [0.2, 0.25) is 0 Å². The molecule has 2 aromatic rings. The van der Waals surface area contributed by atoms with Crippen LogP contribution in [-0.4, -0.2) is 52.0 Å². The number of amides is 1. The Hall–Kier alpha value is -2.16. The van der Waals surface area contributed by atoms with Crippen LogP contribution in [0.3, 0.4) is 0 Å². The molecule has 3 heterocycles. The first-order chi connectivity index (χ1) is 11.3. The molecule has 1 saturated heterocycles. The molecule has 1 aliphatic heterocycles. The highest BCUT2D eigenvalue weighted by Crippen LogP contribution is 2.34. The number of aryl methyl sites for hydroxylation is 2. The van der Waals surface area contributed by atoms with Crippen LogP contribution in [0, 0.1) is 6.92 Å². The molecule has 1 N–H and O–H groups in total. The summed E-state index contributed by atoms with van der Waals surface area (Å²) in [6.45, 7) is 2.38. The summed E-state index contributed by atoms with van der Waals surface area (Å²) in [6, 6.07) is -0.321. The average molecular weight is 351 g/mol. The number of likely N-dealkylation sites (tertiary alicyclic amines) is 1. The van der Waals surface area contributed by atoms with E-state index >= 15 is 0 Å². The summed E-state index contributed by atoms with van der Waals surface area (Å²) in [5.41, 5.74) is 1.71. The van der Waals surface area contributed by atoms with E-state index in [2.05, 4.69) is 15.3 Å². The van der Waals surface area contributed by atoms with Gasteiger partial charge < -0.3 is 4.90 Å². The van der Waals surface area contributed by atoms with Crippen molar-refractivity contribution in [2.75, 3.05) is 12.8 Å². The molecule has 0 saturated carbocycles. The molecule has 1 amide bonds. The molecule has 0 bridgehead atoms. The van der Waals surface area contributed by atoms with Gasteiger partial charge in [-0.15, -0.1) is 0 Å². The maximum absolute atomic E-state index is 13.0. The van der Waals surface area contributed by atoms with Crippen molar-refractivity contribution in [2.24, 2.45) is 7.05 Å². The van der Waals surface area contributed by atoms with E-state index < -0.39 is 9.84 Å². The topological polar surface area (TPSA) is 101 Å². The largest absolute Gasteiger partial charge is 0.330 e. The number of hydrogen-bond acceptors (Lipinski definition) is 5. The van der Waals surface area contributed by atoms with Crippen LogP contribution in [0.4, 0.5) is 0 Å². The van der Waals surface area contributed by atoms with E-state index in [0.29, 0.717) is 29.9 Å². The van der Waals surface area contributed by atoms with Gasteiger partial charge in [-0.2, -0.15) is 10.2 Å². The summed E-state index contributed by atoms with van der Waals surface area (Å²) >= 11 is 0. The number of H-pyrrole nitrogens is 1. The van der Waals surface area contributed by atoms with Crippen LogP contribution in [0.1, 0.15) is 47.1 Å². The molecule has 0 aliphatic carbocycles. The average Bonchev–Trinajstić information content (AvgIpc) is 3.12. The lowest BCUT2D eigenvalue weighted by Gasteiger charge is -2.35. The van der Waals surface area contributed by atoms with Gasteiger partial charge in [-0.25, -0.2) is 8.42 Å². The third-order valence-corrected chi connectivity index (χ3v) is 5.50. The zero-order valence-electron chi connectivity index (χ0n) is 14.0.